The molecule has 0 aromatic heterocycles. The summed E-state index contributed by atoms with van der Waals surface area (Å²) in [5.74, 6) is -6.97. The van der Waals surface area contributed by atoms with Crippen molar-refractivity contribution >= 4 is 5.97 Å². The molecule has 9 atom stereocenters. The first kappa shape index (κ1) is 27.2. The van der Waals surface area contributed by atoms with Crippen LogP contribution in [-0.2, 0) is 14.2 Å². The Bertz CT molecular complexity index is 926. The van der Waals surface area contributed by atoms with Crippen molar-refractivity contribution in [2.75, 3.05) is 19.8 Å². The Morgan fingerprint density at radius 2 is 1.69 bits per heavy atom. The van der Waals surface area contributed by atoms with Crippen molar-refractivity contribution in [2.45, 2.75) is 54.5 Å². The summed E-state index contributed by atoms with van der Waals surface area (Å²) in [7, 11) is 0. The number of benzene rings is 1. The van der Waals surface area contributed by atoms with Gasteiger partial charge < -0.3 is 75.1 Å². The Kier molecular flexibility index (Phi) is 7.75. The lowest BCUT2D eigenvalue weighted by Crippen LogP contribution is -2.61. The van der Waals surface area contributed by atoms with Gasteiger partial charge in [-0.15, -0.1) is 0 Å². The normalized spacial score (nSPS) is 39.5. The molecule has 2 heterocycles. The van der Waals surface area contributed by atoms with Crippen molar-refractivity contribution in [2.24, 2.45) is 0 Å². The predicted octanol–water partition coefficient (Wildman–Crippen LogP) is -4.88. The van der Waals surface area contributed by atoms with Gasteiger partial charge in [0.15, 0.2) is 17.6 Å². The summed E-state index contributed by atoms with van der Waals surface area (Å²) >= 11 is 0. The van der Waals surface area contributed by atoms with E-state index < -0.39 is 103 Å². The molecule has 0 radical (unpaired) electrons. The van der Waals surface area contributed by atoms with E-state index in [4.69, 9.17) is 24.1 Å². The maximum Gasteiger partial charge on any atom is 0.335 e. The first-order valence-electron chi connectivity index (χ1n) is 10.1. The molecule has 0 bridgehead atoms. The molecule has 0 spiro atoms. The number of aliphatic hydroxyl groups is 8. The minimum atomic E-state index is -3.01. The zero-order valence-corrected chi connectivity index (χ0v) is 17.8. The van der Waals surface area contributed by atoms with Gasteiger partial charge in [0, 0.05) is 0 Å². The van der Waals surface area contributed by atoms with Gasteiger partial charge in [-0.3, -0.25) is 0 Å². The standard InChI is InChI=1S/C19H26O16/c20-3-10-18(30,5-21)17(29)19(31,35-10)32-4-9-12(24)13(25)14(26)16(34-9)33-8-2-6(15(27)28)1-7(22)11(8)23/h1-2,9-10,12-14,16-17,20-26,29-31H,3-5H2,(H,27,28). The monoisotopic (exact) mass is 510 g/mol. The minimum Gasteiger partial charge on any atom is -0.504 e. The topological polar surface area (TPSA) is 277 Å². The van der Waals surface area contributed by atoms with Crippen LogP contribution in [0.5, 0.6) is 17.2 Å². The number of aliphatic hydroxyl groups excluding tert-OH is 6. The SMILES string of the molecule is O=C(O)c1cc(O)c(O)c(OC2OC(COC3(O)OC(CO)C(O)(CO)C3O)C(O)C(O)C2O)c1. The first-order chi connectivity index (χ1) is 16.3. The molecule has 2 fully saturated rings. The van der Waals surface area contributed by atoms with Gasteiger partial charge in [0.1, 0.15) is 36.1 Å². The fourth-order valence-corrected chi connectivity index (χ4v) is 3.64. The smallest absolute Gasteiger partial charge is 0.335 e. The third-order valence-corrected chi connectivity index (χ3v) is 5.77. The molecule has 2 aliphatic rings. The van der Waals surface area contributed by atoms with E-state index in [9.17, 15) is 55.9 Å². The molecule has 35 heavy (non-hydrogen) atoms. The maximum atomic E-state index is 11.2. The summed E-state index contributed by atoms with van der Waals surface area (Å²) in [6.45, 7) is -2.97. The Morgan fingerprint density at radius 1 is 1.03 bits per heavy atom. The fraction of sp³-hybridized carbons (Fsp3) is 0.632. The Hall–Kier alpha value is -2.35. The van der Waals surface area contributed by atoms with Gasteiger partial charge >= 0.3 is 11.9 Å². The number of ether oxygens (including phenoxy) is 4. The Morgan fingerprint density at radius 3 is 2.23 bits per heavy atom. The summed E-state index contributed by atoms with van der Waals surface area (Å²) in [4.78, 5) is 11.2. The molecule has 1 aromatic carbocycles. The molecule has 9 unspecified atom stereocenters. The van der Waals surface area contributed by atoms with Crippen LogP contribution in [0.3, 0.4) is 0 Å². The summed E-state index contributed by atoms with van der Waals surface area (Å²) < 4.78 is 20.4. The highest BCUT2D eigenvalue weighted by Crippen LogP contribution is 2.40. The lowest BCUT2D eigenvalue weighted by atomic mass is 9.93. The van der Waals surface area contributed by atoms with Gasteiger partial charge in [0.25, 0.3) is 0 Å². The molecular formula is C19H26O16. The van der Waals surface area contributed by atoms with E-state index in [0.717, 1.165) is 12.1 Å². The van der Waals surface area contributed by atoms with Crippen LogP contribution in [0.15, 0.2) is 12.1 Å². The van der Waals surface area contributed by atoms with Crippen molar-refractivity contribution < 1.29 is 79.9 Å². The highest BCUT2D eigenvalue weighted by Gasteiger charge is 2.64. The number of carboxylic acid groups (broad SMARTS) is 1. The van der Waals surface area contributed by atoms with Crippen LogP contribution in [0.4, 0.5) is 0 Å². The molecular weight excluding hydrogens is 484 g/mol. The van der Waals surface area contributed by atoms with Gasteiger partial charge in [-0.05, 0) is 12.1 Å². The summed E-state index contributed by atoms with van der Waals surface area (Å²) in [5, 5.41) is 109. The number of phenols is 2. The van der Waals surface area contributed by atoms with Gasteiger partial charge in [0.2, 0.25) is 12.0 Å². The molecule has 3 rings (SSSR count). The summed E-state index contributed by atoms with van der Waals surface area (Å²) in [6.07, 6.45) is -13.3. The van der Waals surface area contributed by atoms with Crippen LogP contribution in [0, 0.1) is 0 Å². The van der Waals surface area contributed by atoms with E-state index in [0.29, 0.717) is 0 Å². The second-order valence-corrected chi connectivity index (χ2v) is 8.06. The van der Waals surface area contributed by atoms with Crippen molar-refractivity contribution in [3.05, 3.63) is 17.7 Å². The third kappa shape index (κ3) is 4.86. The van der Waals surface area contributed by atoms with Crippen LogP contribution < -0.4 is 4.74 Å². The number of hydrogen-bond acceptors (Lipinski definition) is 15. The quantitative estimate of drug-likeness (QED) is 0.115. The van der Waals surface area contributed by atoms with Crippen LogP contribution in [0.2, 0.25) is 0 Å². The van der Waals surface area contributed by atoms with Crippen LogP contribution in [-0.4, -0.2) is 136 Å². The van der Waals surface area contributed by atoms with E-state index >= 15 is 0 Å². The molecule has 2 saturated heterocycles. The van der Waals surface area contributed by atoms with E-state index in [1.165, 1.54) is 0 Å². The van der Waals surface area contributed by atoms with Gasteiger partial charge in [0.05, 0.1) is 25.4 Å². The zero-order chi connectivity index (χ0) is 26.3. The number of aromatic hydroxyl groups is 2. The lowest BCUT2D eigenvalue weighted by molar-refractivity contribution is -0.390. The van der Waals surface area contributed by atoms with E-state index in [1.807, 2.05) is 0 Å². The first-order valence-corrected chi connectivity index (χ1v) is 10.1. The highest BCUT2D eigenvalue weighted by molar-refractivity contribution is 5.89. The predicted molar refractivity (Wildman–Crippen MR) is 105 cm³/mol. The molecule has 0 saturated carbocycles. The Balaban J connectivity index is 1.77. The minimum absolute atomic E-state index is 0.509. The van der Waals surface area contributed by atoms with Crippen molar-refractivity contribution in [1.29, 1.82) is 0 Å². The van der Waals surface area contributed by atoms with Gasteiger partial charge in [-0.25, -0.2) is 4.79 Å². The molecule has 16 nitrogen and oxygen atoms in total. The lowest BCUT2D eigenvalue weighted by Gasteiger charge is -2.41. The number of carboxylic acids is 1. The number of rotatable bonds is 8. The Labute approximate surface area is 196 Å². The third-order valence-electron chi connectivity index (χ3n) is 5.77. The average Bonchev–Trinajstić information content (AvgIpc) is 3.02. The van der Waals surface area contributed by atoms with Crippen LogP contribution in [0.25, 0.3) is 0 Å². The van der Waals surface area contributed by atoms with Gasteiger partial charge in [-0.2, -0.15) is 0 Å². The maximum absolute atomic E-state index is 11.2. The van der Waals surface area contributed by atoms with Crippen molar-refractivity contribution in [3.63, 3.8) is 0 Å². The average molecular weight is 510 g/mol. The summed E-state index contributed by atoms with van der Waals surface area (Å²) in [6, 6.07) is 1.51. The second-order valence-electron chi connectivity index (χ2n) is 8.06. The molecule has 0 amide bonds. The zero-order valence-electron chi connectivity index (χ0n) is 17.8. The number of carbonyl (C=O) groups is 1. The molecule has 11 N–H and O–H groups in total. The summed E-state index contributed by atoms with van der Waals surface area (Å²) in [5.41, 5.74) is -3.03. The van der Waals surface area contributed by atoms with Crippen LogP contribution >= 0.6 is 0 Å². The second kappa shape index (κ2) is 9.96. The fourth-order valence-electron chi connectivity index (χ4n) is 3.64. The number of phenolic OH excluding ortho intramolecular Hbond substituents is 2. The van der Waals surface area contributed by atoms with E-state index in [-0.39, 0.29) is 0 Å². The van der Waals surface area contributed by atoms with E-state index in [2.05, 4.69) is 0 Å². The van der Waals surface area contributed by atoms with E-state index in [1.54, 1.807) is 0 Å². The largest absolute Gasteiger partial charge is 0.504 e. The number of hydrogen-bond donors (Lipinski definition) is 11. The number of aromatic carboxylic acids is 1. The molecule has 2 aliphatic heterocycles. The molecule has 1 aromatic rings. The van der Waals surface area contributed by atoms with Crippen molar-refractivity contribution in [3.8, 4) is 17.2 Å². The van der Waals surface area contributed by atoms with Crippen LogP contribution in [0.1, 0.15) is 10.4 Å². The molecule has 16 heteroatoms. The molecule has 198 valence electrons. The highest BCUT2D eigenvalue weighted by atomic mass is 16.8. The van der Waals surface area contributed by atoms with Gasteiger partial charge in [-0.1, -0.05) is 0 Å². The van der Waals surface area contributed by atoms with Crippen molar-refractivity contribution in [1.82, 2.24) is 0 Å². The molecule has 0 aliphatic carbocycles.